The van der Waals surface area contributed by atoms with E-state index >= 15 is 0 Å². The first-order valence-electron chi connectivity index (χ1n) is 4.83. The third-order valence-electron chi connectivity index (χ3n) is 1.87. The zero-order valence-corrected chi connectivity index (χ0v) is 9.05. The zero-order chi connectivity index (χ0) is 12.8. The summed E-state index contributed by atoms with van der Waals surface area (Å²) in [6.07, 6.45) is 2.45. The van der Waals surface area contributed by atoms with Crippen LogP contribution in [-0.4, -0.2) is 17.5 Å². The minimum Gasteiger partial charge on any atom is -0.463 e. The van der Waals surface area contributed by atoms with Gasteiger partial charge in [0.05, 0.1) is 11.5 Å². The Morgan fingerprint density at radius 1 is 1.59 bits per heavy atom. The number of carbonyl (C=O) groups excluding carboxylic acids is 1. The highest BCUT2D eigenvalue weighted by atomic mass is 19.1. The van der Waals surface area contributed by atoms with Gasteiger partial charge < -0.3 is 4.74 Å². The molecule has 0 aliphatic rings. The van der Waals surface area contributed by atoms with Gasteiger partial charge in [-0.15, -0.1) is 0 Å². The summed E-state index contributed by atoms with van der Waals surface area (Å²) < 4.78 is 17.6. The van der Waals surface area contributed by atoms with Crippen LogP contribution in [0.5, 0.6) is 0 Å². The number of esters is 1. The van der Waals surface area contributed by atoms with Crippen molar-refractivity contribution in [1.29, 1.82) is 0 Å². The van der Waals surface area contributed by atoms with Crippen molar-refractivity contribution in [1.82, 2.24) is 0 Å². The molecular formula is C11H10FNO4. The van der Waals surface area contributed by atoms with Crippen LogP contribution in [0, 0.1) is 15.9 Å². The number of hydrogen-bond acceptors (Lipinski definition) is 4. The number of carbonyl (C=O) groups is 1. The minimum atomic E-state index is -0.914. The number of halogens is 1. The lowest BCUT2D eigenvalue weighted by Gasteiger charge is -1.97. The fourth-order valence-electron chi connectivity index (χ4n) is 1.13. The average molecular weight is 239 g/mol. The molecular weight excluding hydrogens is 229 g/mol. The first kappa shape index (κ1) is 12.8. The van der Waals surface area contributed by atoms with E-state index in [0.29, 0.717) is 5.56 Å². The first-order valence-corrected chi connectivity index (χ1v) is 4.83. The predicted molar refractivity (Wildman–Crippen MR) is 58.7 cm³/mol. The molecule has 0 heterocycles. The lowest BCUT2D eigenvalue weighted by molar-refractivity contribution is -0.387. The largest absolute Gasteiger partial charge is 0.463 e. The molecule has 6 heteroatoms. The van der Waals surface area contributed by atoms with E-state index in [9.17, 15) is 19.3 Å². The van der Waals surface area contributed by atoms with Gasteiger partial charge in [0.2, 0.25) is 5.82 Å². The minimum absolute atomic E-state index is 0.243. The van der Waals surface area contributed by atoms with Crippen molar-refractivity contribution in [2.45, 2.75) is 6.92 Å². The lowest BCUT2D eigenvalue weighted by atomic mass is 10.2. The van der Waals surface area contributed by atoms with Crippen LogP contribution in [-0.2, 0) is 9.53 Å². The molecule has 0 saturated carbocycles. The van der Waals surface area contributed by atoms with E-state index in [2.05, 4.69) is 4.74 Å². The molecule has 0 amide bonds. The maximum atomic E-state index is 13.0. The summed E-state index contributed by atoms with van der Waals surface area (Å²) in [5, 5.41) is 10.5. The molecule has 0 fully saturated rings. The Kier molecular flexibility index (Phi) is 4.33. The fraction of sp³-hybridized carbons (Fsp3) is 0.182. The average Bonchev–Trinajstić information content (AvgIpc) is 2.28. The van der Waals surface area contributed by atoms with Crippen molar-refractivity contribution in [3.05, 3.63) is 45.8 Å². The Morgan fingerprint density at radius 3 is 2.88 bits per heavy atom. The number of hydrogen-bond donors (Lipinski definition) is 0. The van der Waals surface area contributed by atoms with Crippen LogP contribution in [0.3, 0.4) is 0 Å². The molecule has 0 atom stereocenters. The molecule has 0 radical (unpaired) electrons. The van der Waals surface area contributed by atoms with Gasteiger partial charge in [-0.3, -0.25) is 10.1 Å². The summed E-state index contributed by atoms with van der Waals surface area (Å²) in [6, 6.07) is 3.35. The summed E-state index contributed by atoms with van der Waals surface area (Å²) in [5.74, 6) is -1.47. The molecule has 1 aromatic rings. The van der Waals surface area contributed by atoms with Gasteiger partial charge in [0, 0.05) is 12.1 Å². The van der Waals surface area contributed by atoms with Crippen molar-refractivity contribution in [3.63, 3.8) is 0 Å². The summed E-state index contributed by atoms with van der Waals surface area (Å²) in [4.78, 5) is 20.6. The van der Waals surface area contributed by atoms with Crippen molar-refractivity contribution in [3.8, 4) is 0 Å². The highest BCUT2D eigenvalue weighted by Crippen LogP contribution is 2.19. The van der Waals surface area contributed by atoms with E-state index < -0.39 is 22.4 Å². The Balaban J connectivity index is 2.89. The number of benzene rings is 1. The Labute approximate surface area is 96.7 Å². The molecule has 0 aliphatic heterocycles. The normalized spacial score (nSPS) is 10.5. The van der Waals surface area contributed by atoms with Crippen molar-refractivity contribution in [2.75, 3.05) is 6.61 Å². The second-order valence-electron chi connectivity index (χ2n) is 3.05. The van der Waals surface area contributed by atoms with Gasteiger partial charge in [0.1, 0.15) is 0 Å². The smallest absolute Gasteiger partial charge is 0.330 e. The molecule has 0 aliphatic carbocycles. The van der Waals surface area contributed by atoms with Gasteiger partial charge >= 0.3 is 11.7 Å². The topological polar surface area (TPSA) is 69.4 Å². The Hall–Kier alpha value is -2.24. The van der Waals surface area contributed by atoms with Crippen LogP contribution in [0.15, 0.2) is 24.3 Å². The fourth-order valence-corrected chi connectivity index (χ4v) is 1.13. The summed E-state index contributed by atoms with van der Waals surface area (Å²) in [5.41, 5.74) is -0.276. The second-order valence-corrected chi connectivity index (χ2v) is 3.05. The molecule has 0 saturated heterocycles. The number of nitro groups is 1. The van der Waals surface area contributed by atoms with Gasteiger partial charge in [-0.1, -0.05) is 6.07 Å². The summed E-state index contributed by atoms with van der Waals surface area (Å²) in [7, 11) is 0. The first-order chi connectivity index (χ1) is 8.04. The van der Waals surface area contributed by atoms with E-state index in [0.717, 1.165) is 18.2 Å². The van der Waals surface area contributed by atoms with Crippen LogP contribution in [0.4, 0.5) is 10.1 Å². The maximum Gasteiger partial charge on any atom is 0.330 e. The van der Waals surface area contributed by atoms with E-state index in [1.54, 1.807) is 6.92 Å². The Bertz CT molecular complexity index is 471. The third kappa shape index (κ3) is 3.67. The molecule has 0 spiro atoms. The molecule has 5 nitrogen and oxygen atoms in total. The maximum absolute atomic E-state index is 13.0. The predicted octanol–water partition coefficient (Wildman–Crippen LogP) is 2.31. The summed E-state index contributed by atoms with van der Waals surface area (Å²) in [6.45, 7) is 1.90. The molecule has 90 valence electrons. The van der Waals surface area contributed by atoms with Crippen LogP contribution < -0.4 is 0 Å². The lowest BCUT2D eigenvalue weighted by Crippen LogP contribution is -1.98. The molecule has 0 bridgehead atoms. The third-order valence-corrected chi connectivity index (χ3v) is 1.87. The van der Waals surface area contributed by atoms with E-state index in [1.807, 2.05) is 0 Å². The van der Waals surface area contributed by atoms with Gasteiger partial charge in [-0.05, 0) is 24.6 Å². The van der Waals surface area contributed by atoms with Crippen molar-refractivity contribution >= 4 is 17.7 Å². The van der Waals surface area contributed by atoms with Crippen LogP contribution in [0.1, 0.15) is 12.5 Å². The molecule has 1 rings (SSSR count). The molecule has 0 unspecified atom stereocenters. The number of nitrogens with zero attached hydrogens (tertiary/aromatic N) is 1. The van der Waals surface area contributed by atoms with Crippen LogP contribution >= 0.6 is 0 Å². The van der Waals surface area contributed by atoms with Crippen molar-refractivity contribution < 1.29 is 18.8 Å². The quantitative estimate of drug-likeness (QED) is 0.350. The van der Waals surface area contributed by atoms with Crippen LogP contribution in [0.2, 0.25) is 0 Å². The highest BCUT2D eigenvalue weighted by Gasteiger charge is 2.13. The standard InChI is InChI=1S/C11H10FNO4/c1-2-17-11(14)6-4-8-3-5-9(12)10(7-8)13(15)16/h3-7H,2H2,1H3. The number of rotatable bonds is 4. The van der Waals surface area contributed by atoms with E-state index in [4.69, 9.17) is 0 Å². The van der Waals surface area contributed by atoms with Gasteiger partial charge in [0.15, 0.2) is 0 Å². The monoisotopic (exact) mass is 239 g/mol. The summed E-state index contributed by atoms with van der Waals surface area (Å²) >= 11 is 0. The number of ether oxygens (including phenoxy) is 1. The van der Waals surface area contributed by atoms with Crippen LogP contribution in [0.25, 0.3) is 6.08 Å². The zero-order valence-electron chi connectivity index (χ0n) is 9.05. The van der Waals surface area contributed by atoms with E-state index in [-0.39, 0.29) is 6.61 Å². The molecule has 0 aromatic heterocycles. The van der Waals surface area contributed by atoms with Gasteiger partial charge in [-0.2, -0.15) is 4.39 Å². The van der Waals surface area contributed by atoms with Gasteiger partial charge in [-0.25, -0.2) is 4.79 Å². The molecule has 17 heavy (non-hydrogen) atoms. The van der Waals surface area contributed by atoms with Gasteiger partial charge in [0.25, 0.3) is 0 Å². The van der Waals surface area contributed by atoms with Crippen molar-refractivity contribution in [2.24, 2.45) is 0 Å². The highest BCUT2D eigenvalue weighted by molar-refractivity contribution is 5.87. The molecule has 0 N–H and O–H groups in total. The SMILES string of the molecule is CCOC(=O)C=Cc1ccc(F)c([N+](=O)[O-])c1. The Morgan fingerprint density at radius 2 is 2.29 bits per heavy atom. The van der Waals surface area contributed by atoms with E-state index in [1.165, 1.54) is 12.1 Å². The second kappa shape index (κ2) is 5.74. The number of nitro benzene ring substituents is 1. The molecule has 1 aromatic carbocycles.